The zero-order chi connectivity index (χ0) is 18.2. The number of pyridine rings is 1. The van der Waals surface area contributed by atoms with Crippen LogP contribution in [0.4, 0.5) is 0 Å². The standard InChI is InChI=1S/C19H22N2O4/c1-14(19(23)25-3)12-21(13-15-5-4-10-20-11-15)18(22)16-6-8-17(24-2)9-7-16/h4-11,14H,12-13H2,1-3H3. The molecule has 0 aliphatic heterocycles. The number of hydrogen-bond acceptors (Lipinski definition) is 5. The van der Waals surface area contributed by atoms with Gasteiger partial charge in [0.1, 0.15) is 5.75 Å². The summed E-state index contributed by atoms with van der Waals surface area (Å²) in [5, 5.41) is 0. The van der Waals surface area contributed by atoms with Gasteiger partial charge in [0.05, 0.1) is 20.1 Å². The smallest absolute Gasteiger partial charge is 0.310 e. The minimum Gasteiger partial charge on any atom is -0.497 e. The van der Waals surface area contributed by atoms with Crippen molar-refractivity contribution in [3.63, 3.8) is 0 Å². The summed E-state index contributed by atoms with van der Waals surface area (Å²) in [5.41, 5.74) is 1.42. The monoisotopic (exact) mass is 342 g/mol. The highest BCUT2D eigenvalue weighted by Crippen LogP contribution is 2.16. The number of hydrogen-bond donors (Lipinski definition) is 0. The molecule has 6 nitrogen and oxygen atoms in total. The first-order chi connectivity index (χ1) is 12.0. The zero-order valence-electron chi connectivity index (χ0n) is 14.6. The highest BCUT2D eigenvalue weighted by Gasteiger charge is 2.23. The fraction of sp³-hybridized carbons (Fsp3) is 0.316. The maximum Gasteiger partial charge on any atom is 0.310 e. The molecule has 1 unspecified atom stereocenters. The molecule has 0 saturated heterocycles. The summed E-state index contributed by atoms with van der Waals surface area (Å²) >= 11 is 0. The molecule has 0 fully saturated rings. The van der Waals surface area contributed by atoms with Crippen LogP contribution >= 0.6 is 0 Å². The van der Waals surface area contributed by atoms with E-state index in [0.717, 1.165) is 5.56 Å². The Morgan fingerprint density at radius 3 is 2.44 bits per heavy atom. The maximum absolute atomic E-state index is 12.9. The Labute approximate surface area is 147 Å². The van der Waals surface area contributed by atoms with Crippen LogP contribution in [0.1, 0.15) is 22.8 Å². The molecule has 0 aliphatic rings. The lowest BCUT2D eigenvalue weighted by atomic mass is 10.1. The van der Waals surface area contributed by atoms with E-state index in [0.29, 0.717) is 17.9 Å². The summed E-state index contributed by atoms with van der Waals surface area (Å²) in [6.45, 7) is 2.36. The fourth-order valence-electron chi connectivity index (χ4n) is 2.45. The SMILES string of the molecule is COC(=O)C(C)CN(Cc1cccnc1)C(=O)c1ccc(OC)cc1. The Morgan fingerprint density at radius 1 is 1.16 bits per heavy atom. The van der Waals surface area contributed by atoms with Gasteiger partial charge in [-0.1, -0.05) is 13.0 Å². The van der Waals surface area contributed by atoms with Crippen LogP contribution in [0.2, 0.25) is 0 Å². The second-order valence-corrected chi connectivity index (χ2v) is 5.70. The lowest BCUT2D eigenvalue weighted by molar-refractivity contribution is -0.145. The van der Waals surface area contributed by atoms with Crippen molar-refractivity contribution in [3.8, 4) is 5.75 Å². The minimum absolute atomic E-state index is 0.165. The van der Waals surface area contributed by atoms with Crippen LogP contribution < -0.4 is 4.74 Å². The summed E-state index contributed by atoms with van der Waals surface area (Å²) in [4.78, 5) is 30.4. The molecular formula is C19H22N2O4. The molecule has 1 aromatic heterocycles. The van der Waals surface area contributed by atoms with Gasteiger partial charge < -0.3 is 14.4 Å². The van der Waals surface area contributed by atoms with Gasteiger partial charge >= 0.3 is 5.97 Å². The molecule has 132 valence electrons. The Bertz CT molecular complexity index is 701. The fourth-order valence-corrected chi connectivity index (χ4v) is 2.45. The minimum atomic E-state index is -0.427. The Balaban J connectivity index is 2.22. The van der Waals surface area contributed by atoms with Crippen molar-refractivity contribution in [1.29, 1.82) is 0 Å². The molecule has 6 heteroatoms. The third-order valence-electron chi connectivity index (χ3n) is 3.82. The van der Waals surface area contributed by atoms with Gasteiger partial charge in [-0.25, -0.2) is 0 Å². The number of rotatable bonds is 7. The van der Waals surface area contributed by atoms with Crippen LogP contribution in [-0.2, 0) is 16.1 Å². The van der Waals surface area contributed by atoms with Crippen LogP contribution in [-0.4, -0.2) is 42.5 Å². The number of amides is 1. The molecule has 1 amide bonds. The summed E-state index contributed by atoms with van der Waals surface area (Å²) in [6.07, 6.45) is 3.38. The summed E-state index contributed by atoms with van der Waals surface area (Å²) in [7, 11) is 2.92. The van der Waals surface area contributed by atoms with Crippen molar-refractivity contribution in [3.05, 3.63) is 59.9 Å². The van der Waals surface area contributed by atoms with Gasteiger partial charge in [0.2, 0.25) is 0 Å². The molecule has 1 aromatic carbocycles. The summed E-state index contributed by atoms with van der Waals surface area (Å²) in [6, 6.07) is 10.6. The number of methoxy groups -OCH3 is 2. The molecule has 1 heterocycles. The number of carbonyl (C=O) groups excluding carboxylic acids is 2. The van der Waals surface area contributed by atoms with Gasteiger partial charge in [-0.3, -0.25) is 14.6 Å². The van der Waals surface area contributed by atoms with Crippen LogP contribution in [0, 0.1) is 5.92 Å². The molecule has 0 aliphatic carbocycles. The van der Waals surface area contributed by atoms with Gasteiger partial charge in [0, 0.05) is 31.0 Å². The summed E-state index contributed by atoms with van der Waals surface area (Å²) in [5.74, 6) is -0.261. The molecule has 0 spiro atoms. The van der Waals surface area contributed by atoms with Gasteiger partial charge in [-0.05, 0) is 35.9 Å². The first-order valence-corrected chi connectivity index (χ1v) is 7.95. The predicted octanol–water partition coefficient (Wildman–Crippen LogP) is 2.54. The third-order valence-corrected chi connectivity index (χ3v) is 3.82. The first kappa shape index (κ1) is 18.4. The zero-order valence-corrected chi connectivity index (χ0v) is 14.6. The molecule has 0 saturated carbocycles. The molecule has 2 rings (SSSR count). The topological polar surface area (TPSA) is 68.7 Å². The van der Waals surface area contributed by atoms with E-state index in [2.05, 4.69) is 4.98 Å². The van der Waals surface area contributed by atoms with Crippen molar-refractivity contribution in [2.24, 2.45) is 5.92 Å². The average molecular weight is 342 g/mol. The molecule has 25 heavy (non-hydrogen) atoms. The quantitative estimate of drug-likeness (QED) is 0.723. The maximum atomic E-state index is 12.9. The van der Waals surface area contributed by atoms with E-state index >= 15 is 0 Å². The van der Waals surface area contributed by atoms with Crippen molar-refractivity contribution in [2.45, 2.75) is 13.5 Å². The number of esters is 1. The highest BCUT2D eigenvalue weighted by atomic mass is 16.5. The van der Waals surface area contributed by atoms with Crippen molar-refractivity contribution < 1.29 is 19.1 Å². The molecule has 0 radical (unpaired) electrons. The van der Waals surface area contributed by atoms with Crippen LogP contribution in [0.5, 0.6) is 5.75 Å². The van der Waals surface area contributed by atoms with E-state index in [-0.39, 0.29) is 18.4 Å². The van der Waals surface area contributed by atoms with E-state index in [1.54, 1.807) is 55.6 Å². The third kappa shape index (κ3) is 5.04. The van der Waals surface area contributed by atoms with Crippen molar-refractivity contribution in [2.75, 3.05) is 20.8 Å². The molecule has 2 aromatic rings. The van der Waals surface area contributed by atoms with E-state index in [9.17, 15) is 9.59 Å². The number of nitrogens with zero attached hydrogens (tertiary/aromatic N) is 2. The van der Waals surface area contributed by atoms with Crippen molar-refractivity contribution >= 4 is 11.9 Å². The van der Waals surface area contributed by atoms with Gasteiger partial charge in [0.25, 0.3) is 5.91 Å². The Morgan fingerprint density at radius 2 is 1.88 bits per heavy atom. The molecule has 0 N–H and O–H groups in total. The van der Waals surface area contributed by atoms with E-state index < -0.39 is 5.92 Å². The van der Waals surface area contributed by atoms with Crippen LogP contribution in [0.25, 0.3) is 0 Å². The van der Waals surface area contributed by atoms with Crippen molar-refractivity contribution in [1.82, 2.24) is 9.88 Å². The normalized spacial score (nSPS) is 11.5. The lowest BCUT2D eigenvalue weighted by Gasteiger charge is -2.25. The Kier molecular flexibility index (Phi) is 6.51. The number of aromatic nitrogens is 1. The van der Waals surface area contributed by atoms with Crippen LogP contribution in [0.15, 0.2) is 48.8 Å². The predicted molar refractivity (Wildman–Crippen MR) is 93.2 cm³/mol. The molecule has 1 atom stereocenters. The van der Waals surface area contributed by atoms with Crippen LogP contribution in [0.3, 0.4) is 0 Å². The van der Waals surface area contributed by atoms with E-state index in [1.807, 2.05) is 12.1 Å². The second-order valence-electron chi connectivity index (χ2n) is 5.70. The molecule has 0 bridgehead atoms. The largest absolute Gasteiger partial charge is 0.497 e. The van der Waals surface area contributed by atoms with E-state index in [4.69, 9.17) is 9.47 Å². The lowest BCUT2D eigenvalue weighted by Crippen LogP contribution is -2.36. The van der Waals surface area contributed by atoms with Gasteiger partial charge in [-0.15, -0.1) is 0 Å². The van der Waals surface area contributed by atoms with E-state index in [1.165, 1.54) is 7.11 Å². The number of benzene rings is 1. The first-order valence-electron chi connectivity index (χ1n) is 7.95. The summed E-state index contributed by atoms with van der Waals surface area (Å²) < 4.78 is 9.89. The molecular weight excluding hydrogens is 320 g/mol. The highest BCUT2D eigenvalue weighted by molar-refractivity contribution is 5.94. The Hall–Kier alpha value is -2.89. The van der Waals surface area contributed by atoms with Gasteiger partial charge in [0.15, 0.2) is 0 Å². The second kappa shape index (κ2) is 8.82. The van der Waals surface area contributed by atoms with Gasteiger partial charge in [-0.2, -0.15) is 0 Å². The average Bonchev–Trinajstić information content (AvgIpc) is 2.67. The number of ether oxygens (including phenoxy) is 2. The number of carbonyl (C=O) groups is 2.